The third kappa shape index (κ3) is 3.27. The van der Waals surface area contributed by atoms with Gasteiger partial charge in [-0.1, -0.05) is 0 Å². The van der Waals surface area contributed by atoms with E-state index >= 15 is 0 Å². The summed E-state index contributed by atoms with van der Waals surface area (Å²) in [6.07, 6.45) is 4.65. The minimum atomic E-state index is -2.84. The summed E-state index contributed by atoms with van der Waals surface area (Å²) in [5.74, 6) is 0.190. The number of alkyl halides is 2. The maximum atomic E-state index is 12.7. The van der Waals surface area contributed by atoms with Crippen molar-refractivity contribution >= 4 is 11.7 Å². The molecule has 0 spiro atoms. The van der Waals surface area contributed by atoms with Gasteiger partial charge in [0.05, 0.1) is 0 Å². The van der Waals surface area contributed by atoms with Gasteiger partial charge in [0.15, 0.2) is 5.82 Å². The molecular weight excluding hydrogens is 306 g/mol. The zero-order chi connectivity index (χ0) is 16.2. The highest BCUT2D eigenvalue weighted by molar-refractivity contribution is 5.92. The molecule has 7 nitrogen and oxygen atoms in total. The lowest BCUT2D eigenvalue weighted by molar-refractivity contribution is 0.0509. The van der Waals surface area contributed by atoms with E-state index in [4.69, 9.17) is 0 Å². The normalized spacial score (nSPS) is 17.7. The fourth-order valence-corrected chi connectivity index (χ4v) is 2.75. The van der Waals surface area contributed by atoms with Crippen LogP contribution in [0.4, 0.5) is 14.6 Å². The van der Waals surface area contributed by atoms with Crippen molar-refractivity contribution < 1.29 is 13.6 Å². The molecule has 1 aliphatic rings. The van der Waals surface area contributed by atoms with E-state index in [9.17, 15) is 13.6 Å². The Hall–Kier alpha value is -2.58. The zero-order valence-electron chi connectivity index (χ0n) is 12.3. The highest BCUT2D eigenvalue weighted by Gasteiger charge is 2.27. The quantitative estimate of drug-likeness (QED) is 0.902. The van der Waals surface area contributed by atoms with E-state index in [1.54, 1.807) is 12.3 Å². The van der Waals surface area contributed by atoms with Crippen molar-refractivity contribution in [1.82, 2.24) is 25.3 Å². The third-order valence-corrected chi connectivity index (χ3v) is 3.82. The smallest absolute Gasteiger partial charge is 0.333 e. The van der Waals surface area contributed by atoms with Crippen LogP contribution >= 0.6 is 0 Å². The first-order valence-electron chi connectivity index (χ1n) is 7.31. The van der Waals surface area contributed by atoms with E-state index in [-0.39, 0.29) is 11.7 Å². The molecular formula is C14H16F2N6O. The van der Waals surface area contributed by atoms with Gasteiger partial charge in [-0.25, -0.2) is 0 Å². The van der Waals surface area contributed by atoms with Crippen molar-refractivity contribution in [2.24, 2.45) is 0 Å². The number of hydrogen-bond acceptors (Lipinski definition) is 5. The number of aromatic nitrogens is 4. The molecule has 1 unspecified atom stereocenters. The fraction of sp³-hybridized carbons (Fsp3) is 0.429. The number of carbonyl (C=O) groups excluding carboxylic acids is 1. The van der Waals surface area contributed by atoms with E-state index in [2.05, 4.69) is 25.5 Å². The van der Waals surface area contributed by atoms with Crippen LogP contribution in [0.25, 0.3) is 0 Å². The molecule has 1 saturated heterocycles. The summed E-state index contributed by atoms with van der Waals surface area (Å²) in [5, 5.41) is 14.1. The molecule has 0 bridgehead atoms. The molecule has 2 aromatic heterocycles. The SMILES string of the molecule is O=C(NCC1CCCN1c1cccnn1)c1ccnn1C(F)F. The van der Waals surface area contributed by atoms with Crippen molar-refractivity contribution in [3.8, 4) is 0 Å². The number of amides is 1. The Morgan fingerprint density at radius 2 is 2.26 bits per heavy atom. The van der Waals surface area contributed by atoms with Crippen LogP contribution in [0.5, 0.6) is 0 Å². The van der Waals surface area contributed by atoms with Gasteiger partial charge in [-0.2, -0.15) is 23.7 Å². The molecule has 1 amide bonds. The molecule has 3 heterocycles. The largest absolute Gasteiger partial charge is 0.350 e. The van der Waals surface area contributed by atoms with E-state index in [0.717, 1.165) is 25.2 Å². The van der Waals surface area contributed by atoms with E-state index < -0.39 is 12.5 Å². The standard InChI is InChI=1S/C14H16F2N6O/c15-14(16)22-11(5-7-19-22)13(23)17-9-10-3-2-8-21(10)12-4-1-6-18-20-12/h1,4-7,10,14H,2-3,8-9H2,(H,17,23). The molecule has 0 aromatic carbocycles. The molecule has 1 N–H and O–H groups in total. The second kappa shape index (κ2) is 6.67. The van der Waals surface area contributed by atoms with Gasteiger partial charge in [0.1, 0.15) is 5.69 Å². The van der Waals surface area contributed by atoms with Crippen LogP contribution in [0, 0.1) is 0 Å². The van der Waals surface area contributed by atoms with Crippen LogP contribution in [0.3, 0.4) is 0 Å². The second-order valence-corrected chi connectivity index (χ2v) is 5.22. The lowest BCUT2D eigenvalue weighted by atomic mass is 10.2. The van der Waals surface area contributed by atoms with Crippen LogP contribution in [-0.4, -0.2) is 45.0 Å². The van der Waals surface area contributed by atoms with Gasteiger partial charge in [0.25, 0.3) is 5.91 Å². The number of rotatable bonds is 5. The molecule has 122 valence electrons. The molecule has 9 heteroatoms. The highest BCUT2D eigenvalue weighted by atomic mass is 19.3. The van der Waals surface area contributed by atoms with Crippen LogP contribution in [0.2, 0.25) is 0 Å². The van der Waals surface area contributed by atoms with Crippen LogP contribution in [0.1, 0.15) is 29.9 Å². The van der Waals surface area contributed by atoms with Gasteiger partial charge in [0.2, 0.25) is 0 Å². The summed E-state index contributed by atoms with van der Waals surface area (Å²) >= 11 is 0. The Morgan fingerprint density at radius 1 is 1.39 bits per heavy atom. The number of anilines is 1. The maximum Gasteiger partial charge on any atom is 0.333 e. The first-order valence-corrected chi connectivity index (χ1v) is 7.31. The summed E-state index contributed by atoms with van der Waals surface area (Å²) in [5.41, 5.74) is -0.149. The molecule has 0 radical (unpaired) electrons. The topological polar surface area (TPSA) is 75.9 Å². The summed E-state index contributed by atoms with van der Waals surface area (Å²) in [4.78, 5) is 14.1. The number of nitrogens with zero attached hydrogens (tertiary/aromatic N) is 5. The lowest BCUT2D eigenvalue weighted by Crippen LogP contribution is -2.41. The summed E-state index contributed by atoms with van der Waals surface area (Å²) < 4.78 is 25.9. The fourth-order valence-electron chi connectivity index (χ4n) is 2.75. The van der Waals surface area contributed by atoms with Gasteiger partial charge >= 0.3 is 6.55 Å². The summed E-state index contributed by atoms with van der Waals surface area (Å²) in [6, 6.07) is 5.01. The monoisotopic (exact) mass is 322 g/mol. The molecule has 3 rings (SSSR count). The molecule has 0 aliphatic carbocycles. The first-order chi connectivity index (χ1) is 11.2. The van der Waals surface area contributed by atoms with Crippen molar-refractivity contribution in [1.29, 1.82) is 0 Å². The Bertz CT molecular complexity index is 662. The van der Waals surface area contributed by atoms with Gasteiger partial charge in [0, 0.05) is 31.5 Å². The third-order valence-electron chi connectivity index (χ3n) is 3.82. The van der Waals surface area contributed by atoms with Crippen molar-refractivity contribution in [2.75, 3.05) is 18.0 Å². The average molecular weight is 322 g/mol. The van der Waals surface area contributed by atoms with Crippen LogP contribution in [-0.2, 0) is 0 Å². The van der Waals surface area contributed by atoms with Gasteiger partial charge in [-0.15, -0.1) is 5.10 Å². The Balaban J connectivity index is 1.63. The van der Waals surface area contributed by atoms with Crippen molar-refractivity contribution in [2.45, 2.75) is 25.4 Å². The van der Waals surface area contributed by atoms with Crippen molar-refractivity contribution in [3.63, 3.8) is 0 Å². The minimum Gasteiger partial charge on any atom is -0.350 e. The minimum absolute atomic E-state index is 0.0681. The molecule has 1 fully saturated rings. The summed E-state index contributed by atoms with van der Waals surface area (Å²) in [7, 11) is 0. The predicted octanol–water partition coefficient (Wildman–Crippen LogP) is 1.47. The van der Waals surface area contributed by atoms with Gasteiger partial charge < -0.3 is 10.2 Å². The highest BCUT2D eigenvalue weighted by Crippen LogP contribution is 2.22. The number of nitrogens with one attached hydrogen (secondary N) is 1. The van der Waals surface area contributed by atoms with E-state index in [1.165, 1.54) is 12.3 Å². The predicted molar refractivity (Wildman–Crippen MR) is 78.2 cm³/mol. The van der Waals surface area contributed by atoms with E-state index in [0.29, 0.717) is 11.2 Å². The molecule has 0 saturated carbocycles. The second-order valence-electron chi connectivity index (χ2n) is 5.22. The first kappa shape index (κ1) is 15.3. The van der Waals surface area contributed by atoms with Gasteiger partial charge in [-0.05, 0) is 31.0 Å². The molecule has 1 atom stereocenters. The summed E-state index contributed by atoms with van der Waals surface area (Å²) in [6.45, 7) is -1.66. The molecule has 2 aromatic rings. The maximum absolute atomic E-state index is 12.7. The molecule has 23 heavy (non-hydrogen) atoms. The van der Waals surface area contributed by atoms with Crippen LogP contribution in [0.15, 0.2) is 30.6 Å². The Kier molecular flexibility index (Phi) is 4.45. The number of hydrogen-bond donors (Lipinski definition) is 1. The Labute approximate surface area is 131 Å². The van der Waals surface area contributed by atoms with Crippen molar-refractivity contribution in [3.05, 3.63) is 36.3 Å². The zero-order valence-corrected chi connectivity index (χ0v) is 12.3. The average Bonchev–Trinajstić information content (AvgIpc) is 3.22. The molecule has 1 aliphatic heterocycles. The number of halogens is 2. The Morgan fingerprint density at radius 3 is 3.00 bits per heavy atom. The number of carbonyl (C=O) groups is 1. The lowest BCUT2D eigenvalue weighted by Gasteiger charge is -2.25. The van der Waals surface area contributed by atoms with Gasteiger partial charge in [-0.3, -0.25) is 4.79 Å². The van der Waals surface area contributed by atoms with Crippen LogP contribution < -0.4 is 10.2 Å². The van der Waals surface area contributed by atoms with E-state index in [1.807, 2.05) is 6.07 Å².